The Kier molecular flexibility index (Phi) is 3.42. The third-order valence-electron chi connectivity index (χ3n) is 2.14. The zero-order valence-electron chi connectivity index (χ0n) is 9.59. The van der Waals surface area contributed by atoms with E-state index in [0.29, 0.717) is 22.2 Å². The highest BCUT2D eigenvalue weighted by atomic mass is 35.5. The molecule has 1 aromatic heterocycles. The van der Waals surface area contributed by atoms with Crippen LogP contribution in [0, 0.1) is 5.41 Å². The van der Waals surface area contributed by atoms with Gasteiger partial charge in [0.1, 0.15) is 11.6 Å². The number of amidine groups is 1. The van der Waals surface area contributed by atoms with E-state index in [9.17, 15) is 0 Å². The third-order valence-corrected chi connectivity index (χ3v) is 2.38. The highest BCUT2D eigenvalue weighted by molar-refractivity contribution is 6.30. The summed E-state index contributed by atoms with van der Waals surface area (Å²) in [4.78, 5) is 1.34. The Morgan fingerprint density at radius 3 is 2.94 bits per heavy atom. The molecule has 8 heteroatoms. The number of rotatable bonds is 4. The molecule has 1 aromatic carbocycles. The molecular formula is C10H11ClN6O. The molecule has 0 spiro atoms. The normalized spacial score (nSPS) is 10.3. The summed E-state index contributed by atoms with van der Waals surface area (Å²) in [5.74, 6) is 0.767. The minimum Gasteiger partial charge on any atom is -0.485 e. The molecule has 0 saturated heterocycles. The molecule has 0 saturated carbocycles. The maximum absolute atomic E-state index is 7.44. The minimum absolute atomic E-state index is 0.0891. The van der Waals surface area contributed by atoms with Crippen molar-refractivity contribution in [1.29, 1.82) is 5.41 Å². The first-order valence-corrected chi connectivity index (χ1v) is 5.43. The van der Waals surface area contributed by atoms with Gasteiger partial charge in [-0.25, -0.2) is 0 Å². The maximum Gasteiger partial charge on any atom is 0.212 e. The number of tetrazole rings is 1. The lowest BCUT2D eigenvalue weighted by Gasteiger charge is -2.09. The van der Waals surface area contributed by atoms with Gasteiger partial charge in [0, 0.05) is 5.02 Å². The summed E-state index contributed by atoms with van der Waals surface area (Å²) in [7, 11) is 1.66. The van der Waals surface area contributed by atoms with Crippen LogP contribution < -0.4 is 10.5 Å². The SMILES string of the molecule is Cn1nnc(COc2cc(Cl)ccc2C(=N)N)n1. The fraction of sp³-hybridized carbons (Fsp3) is 0.200. The number of nitrogens with one attached hydrogen (secondary N) is 1. The molecule has 7 nitrogen and oxygen atoms in total. The first kappa shape index (κ1) is 12.3. The number of ether oxygens (including phenoxy) is 1. The summed E-state index contributed by atoms with van der Waals surface area (Å²) in [5, 5.41) is 19.4. The molecule has 2 rings (SSSR count). The van der Waals surface area contributed by atoms with Crippen LogP contribution in [0.4, 0.5) is 0 Å². The van der Waals surface area contributed by atoms with Gasteiger partial charge in [0.2, 0.25) is 5.82 Å². The summed E-state index contributed by atoms with van der Waals surface area (Å²) >= 11 is 5.87. The molecule has 0 unspecified atom stereocenters. The zero-order chi connectivity index (χ0) is 13.1. The van der Waals surface area contributed by atoms with Crippen molar-refractivity contribution in [2.24, 2.45) is 12.8 Å². The molecule has 1 heterocycles. The van der Waals surface area contributed by atoms with Gasteiger partial charge >= 0.3 is 0 Å². The summed E-state index contributed by atoms with van der Waals surface area (Å²) in [6.45, 7) is 0.133. The van der Waals surface area contributed by atoms with Crippen LogP contribution >= 0.6 is 11.6 Å². The van der Waals surface area contributed by atoms with Crippen LogP contribution in [0.1, 0.15) is 11.4 Å². The van der Waals surface area contributed by atoms with Gasteiger partial charge in [-0.1, -0.05) is 11.6 Å². The van der Waals surface area contributed by atoms with Gasteiger partial charge in [-0.15, -0.1) is 10.2 Å². The van der Waals surface area contributed by atoms with E-state index in [-0.39, 0.29) is 12.4 Å². The third kappa shape index (κ3) is 2.75. The average Bonchev–Trinajstić information content (AvgIpc) is 2.72. The van der Waals surface area contributed by atoms with Gasteiger partial charge in [-0.2, -0.15) is 4.80 Å². The van der Waals surface area contributed by atoms with Crippen molar-refractivity contribution in [1.82, 2.24) is 20.2 Å². The lowest BCUT2D eigenvalue weighted by Crippen LogP contribution is -2.13. The minimum atomic E-state index is -0.0891. The van der Waals surface area contributed by atoms with E-state index in [1.54, 1.807) is 25.2 Å². The molecule has 2 aromatic rings. The summed E-state index contributed by atoms with van der Waals surface area (Å²) < 4.78 is 5.50. The monoisotopic (exact) mass is 266 g/mol. The Labute approximate surface area is 108 Å². The number of nitrogens with zero attached hydrogens (tertiary/aromatic N) is 4. The van der Waals surface area contributed by atoms with Crippen LogP contribution in [0.2, 0.25) is 5.02 Å². The average molecular weight is 267 g/mol. The van der Waals surface area contributed by atoms with Crippen LogP contribution in [0.5, 0.6) is 5.75 Å². The Bertz CT molecular complexity index is 581. The van der Waals surface area contributed by atoms with Crippen molar-refractivity contribution in [2.45, 2.75) is 6.61 Å². The fourth-order valence-electron chi connectivity index (χ4n) is 1.36. The molecule has 3 N–H and O–H groups in total. The molecule has 0 amide bonds. The topological polar surface area (TPSA) is 103 Å². The Balaban J connectivity index is 2.17. The second kappa shape index (κ2) is 5.01. The number of nitrogen functional groups attached to an aromatic ring is 1. The zero-order valence-corrected chi connectivity index (χ0v) is 10.3. The van der Waals surface area contributed by atoms with Crippen molar-refractivity contribution >= 4 is 17.4 Å². The molecule has 0 aliphatic heterocycles. The van der Waals surface area contributed by atoms with Crippen LogP contribution in [-0.4, -0.2) is 26.0 Å². The number of aromatic nitrogens is 4. The number of aryl methyl sites for hydroxylation is 1. The van der Waals surface area contributed by atoms with Crippen molar-refractivity contribution in [2.75, 3.05) is 0 Å². The Morgan fingerprint density at radius 2 is 2.33 bits per heavy atom. The van der Waals surface area contributed by atoms with Crippen LogP contribution in [0.25, 0.3) is 0 Å². The largest absolute Gasteiger partial charge is 0.485 e. The van der Waals surface area contributed by atoms with Gasteiger partial charge in [0.05, 0.1) is 12.6 Å². The molecule has 0 radical (unpaired) electrons. The summed E-state index contributed by atoms with van der Waals surface area (Å²) in [6.07, 6.45) is 0. The van der Waals surface area contributed by atoms with E-state index >= 15 is 0 Å². The molecule has 94 valence electrons. The Morgan fingerprint density at radius 1 is 1.56 bits per heavy atom. The van der Waals surface area contributed by atoms with Gasteiger partial charge in [-0.3, -0.25) is 5.41 Å². The first-order valence-electron chi connectivity index (χ1n) is 5.06. The van der Waals surface area contributed by atoms with Crippen molar-refractivity contribution in [3.63, 3.8) is 0 Å². The van der Waals surface area contributed by atoms with Gasteiger partial charge in [-0.05, 0) is 23.4 Å². The van der Waals surface area contributed by atoms with Crippen LogP contribution in [-0.2, 0) is 13.7 Å². The first-order chi connectivity index (χ1) is 8.56. The van der Waals surface area contributed by atoms with E-state index in [1.165, 1.54) is 4.80 Å². The van der Waals surface area contributed by atoms with Crippen molar-refractivity contribution < 1.29 is 4.74 Å². The molecule has 18 heavy (non-hydrogen) atoms. The molecule has 0 fully saturated rings. The van der Waals surface area contributed by atoms with Crippen molar-refractivity contribution in [3.8, 4) is 5.75 Å². The van der Waals surface area contributed by atoms with Crippen LogP contribution in [0.15, 0.2) is 18.2 Å². The van der Waals surface area contributed by atoms with Gasteiger partial charge < -0.3 is 10.5 Å². The maximum atomic E-state index is 7.44. The number of benzene rings is 1. The van der Waals surface area contributed by atoms with E-state index in [1.807, 2.05) is 0 Å². The molecule has 0 aliphatic carbocycles. The lowest BCUT2D eigenvalue weighted by molar-refractivity contribution is 0.294. The number of halogens is 1. The molecule has 0 aliphatic rings. The van der Waals surface area contributed by atoms with E-state index in [2.05, 4.69) is 15.4 Å². The highest BCUT2D eigenvalue weighted by Crippen LogP contribution is 2.23. The Hall–Kier alpha value is -2.15. The predicted molar refractivity (Wildman–Crippen MR) is 65.6 cm³/mol. The number of hydrogen-bond acceptors (Lipinski definition) is 5. The summed E-state index contributed by atoms with van der Waals surface area (Å²) in [6, 6.07) is 4.87. The van der Waals surface area contributed by atoms with E-state index in [4.69, 9.17) is 27.5 Å². The van der Waals surface area contributed by atoms with E-state index in [0.717, 1.165) is 0 Å². The quantitative estimate of drug-likeness (QED) is 0.627. The van der Waals surface area contributed by atoms with Crippen LogP contribution in [0.3, 0.4) is 0 Å². The van der Waals surface area contributed by atoms with Gasteiger partial charge in [0.15, 0.2) is 6.61 Å². The smallest absolute Gasteiger partial charge is 0.212 e. The predicted octanol–water partition coefficient (Wildman–Crippen LogP) is 0.727. The fourth-order valence-corrected chi connectivity index (χ4v) is 1.52. The molecular weight excluding hydrogens is 256 g/mol. The van der Waals surface area contributed by atoms with Crippen molar-refractivity contribution in [3.05, 3.63) is 34.6 Å². The van der Waals surface area contributed by atoms with E-state index < -0.39 is 0 Å². The second-order valence-electron chi connectivity index (χ2n) is 3.54. The summed E-state index contributed by atoms with van der Waals surface area (Å²) in [5.41, 5.74) is 5.93. The standard InChI is InChI=1S/C10H11ClN6O/c1-17-15-9(14-16-17)5-18-8-4-6(11)2-3-7(8)10(12)13/h2-4H,5H2,1H3,(H3,12,13). The number of hydrogen-bond donors (Lipinski definition) is 2. The second-order valence-corrected chi connectivity index (χ2v) is 3.97. The highest BCUT2D eigenvalue weighted by Gasteiger charge is 2.09. The molecule has 0 atom stereocenters. The molecule has 0 bridgehead atoms. The number of nitrogens with two attached hydrogens (primary N) is 1. The lowest BCUT2D eigenvalue weighted by atomic mass is 10.2. The van der Waals surface area contributed by atoms with Gasteiger partial charge in [0.25, 0.3) is 0 Å².